The lowest BCUT2D eigenvalue weighted by Crippen LogP contribution is -2.02. The van der Waals surface area contributed by atoms with Gasteiger partial charge in [0.05, 0.1) is 24.0 Å². The Morgan fingerprint density at radius 2 is 2.16 bits per heavy atom. The van der Waals surface area contributed by atoms with Crippen molar-refractivity contribution in [3.05, 3.63) is 48.7 Å². The lowest BCUT2D eigenvalue weighted by Gasteiger charge is -2.03. The first kappa shape index (κ1) is 11.3. The third-order valence-electron chi connectivity index (χ3n) is 2.73. The summed E-state index contributed by atoms with van der Waals surface area (Å²) in [6, 6.07) is 5.39. The lowest BCUT2D eigenvalue weighted by atomic mass is 10.1. The van der Waals surface area contributed by atoms with Crippen LogP contribution in [0.2, 0.25) is 0 Å². The first-order valence-electron chi connectivity index (χ1n) is 5.69. The molecule has 0 spiro atoms. The molecule has 0 saturated heterocycles. The van der Waals surface area contributed by atoms with E-state index in [2.05, 4.69) is 15.0 Å². The van der Waals surface area contributed by atoms with Crippen molar-refractivity contribution in [1.82, 2.24) is 19.4 Å². The highest BCUT2D eigenvalue weighted by atomic mass is 16.4. The van der Waals surface area contributed by atoms with Gasteiger partial charge in [-0.15, -0.1) is 0 Å². The van der Waals surface area contributed by atoms with Crippen LogP contribution >= 0.6 is 0 Å². The van der Waals surface area contributed by atoms with Crippen LogP contribution in [0.4, 0.5) is 0 Å². The van der Waals surface area contributed by atoms with Gasteiger partial charge < -0.3 is 5.11 Å². The number of carboxylic acid groups (broad SMARTS) is 1. The molecule has 3 aromatic rings. The highest BCUT2D eigenvalue weighted by molar-refractivity contribution is 5.71. The van der Waals surface area contributed by atoms with Gasteiger partial charge >= 0.3 is 5.97 Å². The van der Waals surface area contributed by atoms with Crippen LogP contribution in [0.5, 0.6) is 0 Å². The molecule has 0 amide bonds. The van der Waals surface area contributed by atoms with Gasteiger partial charge in [-0.2, -0.15) is 0 Å². The average Bonchev–Trinajstić information content (AvgIpc) is 2.82. The fourth-order valence-corrected chi connectivity index (χ4v) is 1.93. The summed E-state index contributed by atoms with van der Waals surface area (Å²) in [4.78, 5) is 23.1. The molecule has 3 rings (SSSR count). The van der Waals surface area contributed by atoms with E-state index in [1.165, 1.54) is 0 Å². The quantitative estimate of drug-likeness (QED) is 0.764. The molecular weight excluding hydrogens is 244 g/mol. The summed E-state index contributed by atoms with van der Waals surface area (Å²) in [6.45, 7) is 0. The molecule has 0 aromatic carbocycles. The van der Waals surface area contributed by atoms with Gasteiger partial charge in [0.2, 0.25) is 5.78 Å². The molecule has 0 saturated carbocycles. The number of hydrogen-bond acceptors (Lipinski definition) is 4. The molecule has 3 heterocycles. The Kier molecular flexibility index (Phi) is 2.68. The second-order valence-electron chi connectivity index (χ2n) is 4.04. The minimum atomic E-state index is -0.899. The second kappa shape index (κ2) is 4.49. The van der Waals surface area contributed by atoms with Crippen LogP contribution in [0.15, 0.2) is 43.0 Å². The van der Waals surface area contributed by atoms with Gasteiger partial charge in [0.25, 0.3) is 0 Å². The maximum atomic E-state index is 10.7. The maximum Gasteiger partial charge on any atom is 0.309 e. The van der Waals surface area contributed by atoms with Crippen LogP contribution in [0.3, 0.4) is 0 Å². The lowest BCUT2D eigenvalue weighted by molar-refractivity contribution is -0.136. The Labute approximate surface area is 108 Å². The molecule has 0 aliphatic heterocycles. The molecule has 3 aromatic heterocycles. The van der Waals surface area contributed by atoms with E-state index in [9.17, 15) is 4.79 Å². The first-order chi connectivity index (χ1) is 9.24. The first-order valence-corrected chi connectivity index (χ1v) is 5.69. The molecule has 0 aliphatic rings. The Morgan fingerprint density at radius 3 is 3.00 bits per heavy atom. The van der Waals surface area contributed by atoms with Gasteiger partial charge in [-0.05, 0) is 18.2 Å². The van der Waals surface area contributed by atoms with E-state index in [-0.39, 0.29) is 6.42 Å². The minimum Gasteiger partial charge on any atom is -0.481 e. The van der Waals surface area contributed by atoms with Gasteiger partial charge in [0.15, 0.2) is 0 Å². The SMILES string of the molecule is O=C(O)Cc1cc(-c2cnc3ncccn23)ccn1. The van der Waals surface area contributed by atoms with E-state index in [4.69, 9.17) is 5.11 Å². The van der Waals surface area contributed by atoms with Crippen LogP contribution in [-0.2, 0) is 11.2 Å². The standard InChI is InChI=1S/C13H10N4O2/c18-12(19)7-10-6-9(2-4-14-10)11-8-16-13-15-3-1-5-17(11)13/h1-6,8H,7H2,(H,18,19). The third-order valence-corrected chi connectivity index (χ3v) is 2.73. The number of nitrogens with zero attached hydrogens (tertiary/aromatic N) is 4. The summed E-state index contributed by atoms with van der Waals surface area (Å²) in [5.41, 5.74) is 2.24. The van der Waals surface area contributed by atoms with E-state index in [0.717, 1.165) is 11.3 Å². The molecule has 0 bridgehead atoms. The number of pyridine rings is 1. The predicted molar refractivity (Wildman–Crippen MR) is 67.6 cm³/mol. The monoisotopic (exact) mass is 254 g/mol. The van der Waals surface area contributed by atoms with Gasteiger partial charge in [-0.3, -0.25) is 14.2 Å². The average molecular weight is 254 g/mol. The van der Waals surface area contributed by atoms with E-state index in [0.29, 0.717) is 11.5 Å². The van der Waals surface area contributed by atoms with Crippen molar-refractivity contribution in [1.29, 1.82) is 0 Å². The van der Waals surface area contributed by atoms with Gasteiger partial charge in [-0.25, -0.2) is 9.97 Å². The number of aliphatic carboxylic acids is 1. The minimum absolute atomic E-state index is 0.0944. The number of fused-ring (bicyclic) bond motifs is 1. The fourth-order valence-electron chi connectivity index (χ4n) is 1.93. The summed E-state index contributed by atoms with van der Waals surface area (Å²) in [5, 5.41) is 8.79. The molecule has 0 unspecified atom stereocenters. The molecule has 0 radical (unpaired) electrons. The molecular formula is C13H10N4O2. The van der Waals surface area contributed by atoms with Crippen LogP contribution in [0, 0.1) is 0 Å². The molecule has 6 heteroatoms. The van der Waals surface area contributed by atoms with Gasteiger partial charge in [0, 0.05) is 24.2 Å². The normalized spacial score (nSPS) is 10.7. The number of carbonyl (C=O) groups is 1. The summed E-state index contributed by atoms with van der Waals surface area (Å²) in [6.07, 6.45) is 6.75. The molecule has 94 valence electrons. The van der Waals surface area contributed by atoms with Crippen LogP contribution < -0.4 is 0 Å². The number of hydrogen-bond donors (Lipinski definition) is 1. The van der Waals surface area contributed by atoms with Crippen LogP contribution in [0.25, 0.3) is 17.0 Å². The predicted octanol–water partition coefficient (Wildman–Crippen LogP) is 1.42. The Bertz CT molecular complexity index is 751. The Hall–Kier alpha value is -2.76. The largest absolute Gasteiger partial charge is 0.481 e. The van der Waals surface area contributed by atoms with Crippen molar-refractivity contribution >= 4 is 11.7 Å². The van der Waals surface area contributed by atoms with Crippen molar-refractivity contribution in [2.75, 3.05) is 0 Å². The highest BCUT2D eigenvalue weighted by Crippen LogP contribution is 2.20. The highest BCUT2D eigenvalue weighted by Gasteiger charge is 2.08. The fraction of sp³-hybridized carbons (Fsp3) is 0.0769. The van der Waals surface area contributed by atoms with Crippen molar-refractivity contribution in [2.45, 2.75) is 6.42 Å². The summed E-state index contributed by atoms with van der Waals surface area (Å²) in [7, 11) is 0. The number of imidazole rings is 1. The molecule has 0 atom stereocenters. The van der Waals surface area contributed by atoms with Crippen molar-refractivity contribution in [3.8, 4) is 11.3 Å². The molecule has 1 N–H and O–H groups in total. The molecule has 19 heavy (non-hydrogen) atoms. The van der Waals surface area contributed by atoms with E-state index >= 15 is 0 Å². The van der Waals surface area contributed by atoms with Crippen molar-refractivity contribution < 1.29 is 9.90 Å². The van der Waals surface area contributed by atoms with Gasteiger partial charge in [-0.1, -0.05) is 0 Å². The zero-order valence-corrected chi connectivity index (χ0v) is 9.89. The number of rotatable bonds is 3. The smallest absolute Gasteiger partial charge is 0.309 e. The Balaban J connectivity index is 2.09. The second-order valence-corrected chi connectivity index (χ2v) is 4.04. The van der Waals surface area contributed by atoms with Crippen molar-refractivity contribution in [2.24, 2.45) is 0 Å². The zero-order valence-electron chi connectivity index (χ0n) is 9.89. The van der Waals surface area contributed by atoms with E-state index in [1.807, 2.05) is 22.7 Å². The summed E-state index contributed by atoms with van der Waals surface area (Å²) >= 11 is 0. The Morgan fingerprint density at radius 1 is 1.26 bits per heavy atom. The van der Waals surface area contributed by atoms with E-state index in [1.54, 1.807) is 24.7 Å². The maximum absolute atomic E-state index is 10.7. The summed E-state index contributed by atoms with van der Waals surface area (Å²) < 4.78 is 1.85. The third kappa shape index (κ3) is 2.15. The molecule has 6 nitrogen and oxygen atoms in total. The zero-order chi connectivity index (χ0) is 13.2. The molecule has 0 fully saturated rings. The number of carboxylic acids is 1. The van der Waals surface area contributed by atoms with Gasteiger partial charge in [0.1, 0.15) is 0 Å². The van der Waals surface area contributed by atoms with E-state index < -0.39 is 5.97 Å². The molecule has 0 aliphatic carbocycles. The van der Waals surface area contributed by atoms with Crippen LogP contribution in [-0.4, -0.2) is 30.4 Å². The topological polar surface area (TPSA) is 80.4 Å². The van der Waals surface area contributed by atoms with Crippen LogP contribution in [0.1, 0.15) is 5.69 Å². The number of aromatic nitrogens is 4. The van der Waals surface area contributed by atoms with Crippen molar-refractivity contribution in [3.63, 3.8) is 0 Å². The summed E-state index contributed by atoms with van der Waals surface area (Å²) in [5.74, 6) is -0.293.